The lowest BCUT2D eigenvalue weighted by molar-refractivity contribution is -0.111. The van der Waals surface area contributed by atoms with Crippen LogP contribution in [0.5, 0.6) is 0 Å². The summed E-state index contributed by atoms with van der Waals surface area (Å²) in [5.41, 5.74) is 0. The van der Waals surface area contributed by atoms with Gasteiger partial charge >= 0.3 is 0 Å². The quantitative estimate of drug-likeness (QED) is 0.518. The van der Waals surface area contributed by atoms with Crippen molar-refractivity contribution in [1.29, 1.82) is 0 Å². The fourth-order valence-electron chi connectivity index (χ4n) is 0.491. The van der Waals surface area contributed by atoms with E-state index in [1.165, 1.54) is 0 Å². The Labute approximate surface area is 53.7 Å². The molecule has 0 amide bonds. The fourth-order valence-corrected chi connectivity index (χ4v) is 0.491. The van der Waals surface area contributed by atoms with Crippen LogP contribution in [-0.4, -0.2) is 24.3 Å². The Morgan fingerprint density at radius 2 is 2.33 bits per heavy atom. The molecule has 0 bridgehead atoms. The Morgan fingerprint density at radius 1 is 1.67 bits per heavy atom. The van der Waals surface area contributed by atoms with Crippen LogP contribution in [0.15, 0.2) is 0 Å². The predicted octanol–water partition coefficient (Wildman–Crippen LogP) is -0.316. The zero-order chi connectivity index (χ0) is 7.11. The van der Waals surface area contributed by atoms with Gasteiger partial charge in [0.1, 0.15) is 6.29 Å². The van der Waals surface area contributed by atoms with Crippen molar-refractivity contribution in [3.8, 4) is 0 Å². The van der Waals surface area contributed by atoms with Gasteiger partial charge < -0.3 is 9.90 Å². The minimum Gasteiger partial charge on any atom is -0.396 e. The molecule has 0 rings (SSSR count). The monoisotopic (exact) mass is 129 g/mol. The molecule has 0 saturated carbocycles. The highest BCUT2D eigenvalue weighted by molar-refractivity contribution is 5.62. The third kappa shape index (κ3) is 3.85. The molecular formula is C6H9O3. The first-order valence-corrected chi connectivity index (χ1v) is 2.76. The van der Waals surface area contributed by atoms with Crippen LogP contribution < -0.4 is 0 Å². The highest BCUT2D eigenvalue weighted by atomic mass is 16.3. The minimum absolute atomic E-state index is 0.0505. The zero-order valence-electron chi connectivity index (χ0n) is 5.04. The molecule has 0 fully saturated rings. The molecule has 1 radical (unpaired) electrons. The van der Waals surface area contributed by atoms with Gasteiger partial charge in [-0.1, -0.05) is 0 Å². The number of carbonyl (C=O) groups excluding carboxylic acids is 2. The molecule has 0 spiro atoms. The van der Waals surface area contributed by atoms with Gasteiger partial charge in [-0.15, -0.1) is 0 Å². The second kappa shape index (κ2) is 5.44. The smallest absolute Gasteiger partial charge is 0.199 e. The molecule has 0 heterocycles. The second-order valence-corrected chi connectivity index (χ2v) is 1.76. The molecule has 1 N–H and O–H groups in total. The maximum absolute atomic E-state index is 9.99. The van der Waals surface area contributed by atoms with E-state index in [0.29, 0.717) is 12.7 Å². The van der Waals surface area contributed by atoms with E-state index < -0.39 is 0 Å². The third-order valence-electron chi connectivity index (χ3n) is 1.04. The van der Waals surface area contributed by atoms with E-state index >= 15 is 0 Å². The van der Waals surface area contributed by atoms with Gasteiger partial charge in [0.25, 0.3) is 0 Å². The summed E-state index contributed by atoms with van der Waals surface area (Å²) < 4.78 is 0. The van der Waals surface area contributed by atoms with Crippen LogP contribution >= 0.6 is 0 Å². The summed E-state index contributed by atoms with van der Waals surface area (Å²) in [7, 11) is 0. The SMILES string of the molecule is O=[C]CC(C=O)CCO. The number of carbonyl (C=O) groups is 1. The van der Waals surface area contributed by atoms with Crippen LogP contribution in [0.1, 0.15) is 12.8 Å². The highest BCUT2D eigenvalue weighted by Crippen LogP contribution is 2.00. The van der Waals surface area contributed by atoms with Crippen LogP contribution in [0.2, 0.25) is 0 Å². The first-order valence-electron chi connectivity index (χ1n) is 2.76. The molecule has 3 heteroatoms. The Balaban J connectivity index is 3.40. The second-order valence-electron chi connectivity index (χ2n) is 1.76. The van der Waals surface area contributed by atoms with Gasteiger partial charge in [0.15, 0.2) is 6.29 Å². The van der Waals surface area contributed by atoms with Crippen molar-refractivity contribution in [3.63, 3.8) is 0 Å². The maximum Gasteiger partial charge on any atom is 0.199 e. The Morgan fingerprint density at radius 3 is 2.67 bits per heavy atom. The molecule has 0 aliphatic carbocycles. The summed E-state index contributed by atoms with van der Waals surface area (Å²) in [6.45, 7) is -0.0505. The molecule has 51 valence electrons. The summed E-state index contributed by atoms with van der Waals surface area (Å²) in [4.78, 5) is 19.7. The maximum atomic E-state index is 9.99. The van der Waals surface area contributed by atoms with Gasteiger partial charge in [0.05, 0.1) is 0 Å². The van der Waals surface area contributed by atoms with Crippen molar-refractivity contribution in [2.24, 2.45) is 5.92 Å². The van der Waals surface area contributed by atoms with Crippen LogP contribution in [0, 0.1) is 5.92 Å². The van der Waals surface area contributed by atoms with E-state index in [1.807, 2.05) is 0 Å². The zero-order valence-corrected chi connectivity index (χ0v) is 5.04. The first-order chi connectivity index (χ1) is 4.35. The molecule has 1 atom stereocenters. The number of rotatable bonds is 5. The number of aliphatic hydroxyl groups excluding tert-OH is 1. The number of hydrogen-bond acceptors (Lipinski definition) is 3. The van der Waals surface area contributed by atoms with Gasteiger partial charge in [-0.05, 0) is 6.42 Å². The van der Waals surface area contributed by atoms with Crippen LogP contribution in [0.25, 0.3) is 0 Å². The lowest BCUT2D eigenvalue weighted by Gasteiger charge is -1.99. The molecule has 0 aromatic rings. The minimum atomic E-state index is -0.340. The molecule has 0 aromatic heterocycles. The van der Waals surface area contributed by atoms with E-state index in [2.05, 4.69) is 0 Å². The van der Waals surface area contributed by atoms with Crippen molar-refractivity contribution < 1.29 is 14.7 Å². The van der Waals surface area contributed by atoms with Crippen molar-refractivity contribution in [2.75, 3.05) is 6.61 Å². The van der Waals surface area contributed by atoms with E-state index in [1.54, 1.807) is 6.29 Å². The largest absolute Gasteiger partial charge is 0.396 e. The van der Waals surface area contributed by atoms with E-state index in [4.69, 9.17) is 5.11 Å². The van der Waals surface area contributed by atoms with Crippen molar-refractivity contribution in [3.05, 3.63) is 0 Å². The van der Waals surface area contributed by atoms with Crippen molar-refractivity contribution in [2.45, 2.75) is 12.8 Å². The Kier molecular flexibility index (Phi) is 5.01. The molecule has 0 aliphatic rings. The van der Waals surface area contributed by atoms with Gasteiger partial charge in [-0.2, -0.15) is 0 Å². The molecule has 0 aliphatic heterocycles. The standard InChI is InChI=1S/C6H9O3/c7-3-1-6(5-9)2-4-8/h5-7H,1-3H2. The summed E-state index contributed by atoms with van der Waals surface area (Å²) in [6, 6.07) is 0. The van der Waals surface area contributed by atoms with Crippen molar-refractivity contribution in [1.82, 2.24) is 0 Å². The van der Waals surface area contributed by atoms with Crippen LogP contribution in [-0.2, 0) is 9.59 Å². The summed E-state index contributed by atoms with van der Waals surface area (Å²) in [5.74, 6) is -0.340. The molecular weight excluding hydrogens is 120 g/mol. The Bertz CT molecular complexity index is 90.3. The summed E-state index contributed by atoms with van der Waals surface area (Å²) in [6.07, 6.45) is 2.74. The van der Waals surface area contributed by atoms with E-state index in [9.17, 15) is 9.59 Å². The Hall–Kier alpha value is -0.700. The highest BCUT2D eigenvalue weighted by Gasteiger charge is 2.04. The van der Waals surface area contributed by atoms with Crippen LogP contribution in [0.3, 0.4) is 0 Å². The summed E-state index contributed by atoms with van der Waals surface area (Å²) >= 11 is 0. The number of aldehydes is 1. The van der Waals surface area contributed by atoms with E-state index in [0.717, 1.165) is 0 Å². The lowest BCUT2D eigenvalue weighted by Crippen LogP contribution is -2.04. The van der Waals surface area contributed by atoms with Gasteiger partial charge in [0, 0.05) is 18.9 Å². The third-order valence-corrected chi connectivity index (χ3v) is 1.04. The lowest BCUT2D eigenvalue weighted by atomic mass is 10.1. The molecule has 0 saturated heterocycles. The normalized spacial score (nSPS) is 12.6. The average molecular weight is 129 g/mol. The van der Waals surface area contributed by atoms with Gasteiger partial charge in [0.2, 0.25) is 0 Å². The topological polar surface area (TPSA) is 54.4 Å². The van der Waals surface area contributed by atoms with Crippen LogP contribution in [0.4, 0.5) is 0 Å². The molecule has 0 aromatic carbocycles. The van der Waals surface area contributed by atoms with E-state index in [-0.39, 0.29) is 18.9 Å². The fraction of sp³-hybridized carbons (Fsp3) is 0.667. The molecule has 3 nitrogen and oxygen atoms in total. The average Bonchev–Trinajstić information content (AvgIpc) is 1.88. The number of aliphatic hydroxyl groups is 1. The van der Waals surface area contributed by atoms with Gasteiger partial charge in [-0.25, -0.2) is 0 Å². The van der Waals surface area contributed by atoms with Crippen molar-refractivity contribution >= 4 is 12.6 Å². The van der Waals surface area contributed by atoms with Gasteiger partial charge in [-0.3, -0.25) is 4.79 Å². The number of hydrogen-bond donors (Lipinski definition) is 1. The molecule has 9 heavy (non-hydrogen) atoms. The molecule has 1 unspecified atom stereocenters. The first kappa shape index (κ1) is 8.30. The summed E-state index contributed by atoms with van der Waals surface area (Å²) in [5, 5.41) is 8.31. The predicted molar refractivity (Wildman–Crippen MR) is 31.6 cm³/mol.